The van der Waals surface area contributed by atoms with Crippen molar-refractivity contribution in [3.63, 3.8) is 0 Å². The van der Waals surface area contributed by atoms with Crippen molar-refractivity contribution >= 4 is 23.4 Å². The number of nitrogens with two attached hydrogens (primary N) is 1. The topological polar surface area (TPSA) is 135 Å². The lowest BCUT2D eigenvalue weighted by Crippen LogP contribution is -2.33. The molecule has 0 saturated heterocycles. The Kier molecular flexibility index (Phi) is 4.67. The molecule has 98 valence electrons. The van der Waals surface area contributed by atoms with Crippen LogP contribution in [0.2, 0.25) is 0 Å². The molecule has 2 amide bonds. The van der Waals surface area contributed by atoms with Crippen LogP contribution in [0.25, 0.3) is 0 Å². The van der Waals surface area contributed by atoms with Crippen LogP contribution in [0.1, 0.15) is 0 Å². The number of pyridine rings is 1. The maximum atomic E-state index is 10.8. The molecular formula is C9H14N6O3. The number of carbonyl (C=O) groups excluding carboxylic acids is 1. The molecule has 0 spiro atoms. The second kappa shape index (κ2) is 6.23. The number of nitrogens with zero attached hydrogens (tertiary/aromatic N) is 2. The highest BCUT2D eigenvalue weighted by Crippen LogP contribution is 2.23. The van der Waals surface area contributed by atoms with E-state index in [1.165, 1.54) is 12.1 Å². The molecule has 0 fully saturated rings. The van der Waals surface area contributed by atoms with E-state index in [0.717, 1.165) is 0 Å². The maximum absolute atomic E-state index is 10.8. The number of primary amides is 1. The van der Waals surface area contributed by atoms with Crippen LogP contribution < -0.4 is 21.7 Å². The van der Waals surface area contributed by atoms with Gasteiger partial charge in [0.15, 0.2) is 0 Å². The number of anilines is 2. The van der Waals surface area contributed by atoms with Crippen molar-refractivity contribution < 1.29 is 9.72 Å². The summed E-state index contributed by atoms with van der Waals surface area (Å²) in [5, 5.41) is 18.7. The van der Waals surface area contributed by atoms with Crippen LogP contribution >= 0.6 is 0 Å². The SMILES string of the molecule is CNc1ccc([N+](=O)[O-])c(NCCNC(N)=O)n1. The summed E-state index contributed by atoms with van der Waals surface area (Å²) in [7, 11) is 1.66. The molecule has 0 radical (unpaired) electrons. The van der Waals surface area contributed by atoms with Gasteiger partial charge in [0, 0.05) is 26.2 Å². The number of hydrogen-bond acceptors (Lipinski definition) is 6. The molecular weight excluding hydrogens is 240 g/mol. The summed E-state index contributed by atoms with van der Waals surface area (Å²) in [5.41, 5.74) is 4.75. The van der Waals surface area contributed by atoms with Crippen molar-refractivity contribution in [2.75, 3.05) is 30.8 Å². The van der Waals surface area contributed by atoms with Crippen LogP contribution in [0.4, 0.5) is 22.1 Å². The van der Waals surface area contributed by atoms with Gasteiger partial charge in [-0.1, -0.05) is 0 Å². The molecule has 0 atom stereocenters. The first kappa shape index (κ1) is 13.5. The van der Waals surface area contributed by atoms with Crippen molar-refractivity contribution in [3.05, 3.63) is 22.2 Å². The molecule has 0 aliphatic rings. The Bertz CT molecular complexity index is 450. The van der Waals surface area contributed by atoms with Gasteiger partial charge >= 0.3 is 11.7 Å². The second-order valence-electron chi connectivity index (χ2n) is 3.29. The summed E-state index contributed by atoms with van der Waals surface area (Å²) in [6.07, 6.45) is 0. The van der Waals surface area contributed by atoms with Gasteiger partial charge in [0.2, 0.25) is 5.82 Å². The predicted molar refractivity (Wildman–Crippen MR) is 66.5 cm³/mol. The molecule has 0 aliphatic heterocycles. The summed E-state index contributed by atoms with van der Waals surface area (Å²) < 4.78 is 0. The lowest BCUT2D eigenvalue weighted by atomic mass is 10.3. The van der Waals surface area contributed by atoms with Gasteiger partial charge in [0.1, 0.15) is 5.82 Å². The number of nitrogens with one attached hydrogen (secondary N) is 3. The van der Waals surface area contributed by atoms with E-state index in [9.17, 15) is 14.9 Å². The van der Waals surface area contributed by atoms with E-state index in [2.05, 4.69) is 20.9 Å². The summed E-state index contributed by atoms with van der Waals surface area (Å²) in [5.74, 6) is 0.643. The summed E-state index contributed by atoms with van der Waals surface area (Å²) >= 11 is 0. The standard InChI is InChI=1S/C9H14N6O3/c1-11-7-3-2-6(15(17)18)8(14-7)12-4-5-13-9(10)16/h2-3H,4-5H2,1H3,(H3,10,13,16)(H2,11,12,14). The smallest absolute Gasteiger partial charge is 0.312 e. The van der Waals surface area contributed by atoms with Gasteiger partial charge < -0.3 is 21.7 Å². The Morgan fingerprint density at radius 1 is 1.50 bits per heavy atom. The lowest BCUT2D eigenvalue weighted by molar-refractivity contribution is -0.384. The van der Waals surface area contributed by atoms with E-state index in [4.69, 9.17) is 5.73 Å². The first-order valence-electron chi connectivity index (χ1n) is 5.15. The minimum atomic E-state index is -0.650. The minimum Gasteiger partial charge on any atom is -0.373 e. The number of rotatable bonds is 6. The third-order valence-corrected chi connectivity index (χ3v) is 2.04. The van der Waals surface area contributed by atoms with Crippen molar-refractivity contribution in [2.45, 2.75) is 0 Å². The van der Waals surface area contributed by atoms with Gasteiger partial charge in [-0.25, -0.2) is 9.78 Å². The third kappa shape index (κ3) is 3.77. The molecule has 1 aromatic rings. The fourth-order valence-corrected chi connectivity index (χ4v) is 1.24. The summed E-state index contributed by atoms with van der Waals surface area (Å²) in [6.45, 7) is 0.530. The number of aromatic nitrogens is 1. The molecule has 5 N–H and O–H groups in total. The van der Waals surface area contributed by atoms with Gasteiger partial charge in [-0.15, -0.1) is 0 Å². The summed E-state index contributed by atoms with van der Waals surface area (Å²) in [6, 6.07) is 2.21. The minimum absolute atomic E-state index is 0.131. The number of carbonyl (C=O) groups is 1. The molecule has 0 aliphatic carbocycles. The fourth-order valence-electron chi connectivity index (χ4n) is 1.24. The van der Waals surface area contributed by atoms with E-state index >= 15 is 0 Å². The average Bonchev–Trinajstić information content (AvgIpc) is 2.33. The highest BCUT2D eigenvalue weighted by atomic mass is 16.6. The number of amides is 2. The molecule has 0 bridgehead atoms. The Morgan fingerprint density at radius 3 is 2.78 bits per heavy atom. The molecule has 9 nitrogen and oxygen atoms in total. The first-order chi connectivity index (χ1) is 8.54. The van der Waals surface area contributed by atoms with E-state index in [1.54, 1.807) is 7.05 Å². The van der Waals surface area contributed by atoms with Crippen molar-refractivity contribution in [1.29, 1.82) is 0 Å². The lowest BCUT2D eigenvalue weighted by Gasteiger charge is -2.08. The quantitative estimate of drug-likeness (QED) is 0.323. The number of urea groups is 1. The largest absolute Gasteiger partial charge is 0.373 e. The van der Waals surface area contributed by atoms with E-state index in [-0.39, 0.29) is 24.6 Å². The fraction of sp³-hybridized carbons (Fsp3) is 0.333. The highest BCUT2D eigenvalue weighted by molar-refractivity contribution is 5.71. The Morgan fingerprint density at radius 2 is 2.22 bits per heavy atom. The molecule has 0 unspecified atom stereocenters. The highest BCUT2D eigenvalue weighted by Gasteiger charge is 2.15. The van der Waals surface area contributed by atoms with Crippen LogP contribution in [-0.4, -0.2) is 36.1 Å². The Labute approximate surface area is 103 Å². The molecule has 0 saturated carbocycles. The molecule has 9 heteroatoms. The van der Waals surface area contributed by atoms with Crippen LogP contribution in [0.3, 0.4) is 0 Å². The Balaban J connectivity index is 2.71. The summed E-state index contributed by atoms with van der Waals surface area (Å²) in [4.78, 5) is 24.7. The van der Waals surface area contributed by atoms with Gasteiger partial charge in [-0.3, -0.25) is 10.1 Å². The van der Waals surface area contributed by atoms with E-state index < -0.39 is 11.0 Å². The van der Waals surface area contributed by atoms with Crippen molar-refractivity contribution in [3.8, 4) is 0 Å². The monoisotopic (exact) mass is 254 g/mol. The van der Waals surface area contributed by atoms with Crippen LogP contribution in [-0.2, 0) is 0 Å². The van der Waals surface area contributed by atoms with Gasteiger partial charge in [-0.05, 0) is 6.07 Å². The molecule has 0 aromatic carbocycles. The van der Waals surface area contributed by atoms with Crippen molar-refractivity contribution in [1.82, 2.24) is 10.3 Å². The first-order valence-corrected chi connectivity index (χ1v) is 5.15. The maximum Gasteiger partial charge on any atom is 0.312 e. The number of hydrogen-bond donors (Lipinski definition) is 4. The van der Waals surface area contributed by atoms with Gasteiger partial charge in [0.25, 0.3) is 0 Å². The molecule has 1 heterocycles. The zero-order valence-electron chi connectivity index (χ0n) is 9.77. The number of nitro groups is 1. The predicted octanol–water partition coefficient (Wildman–Crippen LogP) is 0.112. The van der Waals surface area contributed by atoms with E-state index in [1.807, 2.05) is 0 Å². The Hall–Kier alpha value is -2.58. The van der Waals surface area contributed by atoms with Gasteiger partial charge in [0.05, 0.1) is 4.92 Å². The zero-order chi connectivity index (χ0) is 13.5. The normalized spacial score (nSPS) is 9.61. The van der Waals surface area contributed by atoms with E-state index in [0.29, 0.717) is 5.82 Å². The van der Waals surface area contributed by atoms with Gasteiger partial charge in [-0.2, -0.15) is 0 Å². The van der Waals surface area contributed by atoms with Crippen LogP contribution in [0.15, 0.2) is 12.1 Å². The second-order valence-corrected chi connectivity index (χ2v) is 3.29. The van der Waals surface area contributed by atoms with Crippen molar-refractivity contribution in [2.24, 2.45) is 5.73 Å². The average molecular weight is 254 g/mol. The van der Waals surface area contributed by atoms with Crippen LogP contribution in [0, 0.1) is 10.1 Å². The molecule has 18 heavy (non-hydrogen) atoms. The molecule has 1 aromatic heterocycles. The zero-order valence-corrected chi connectivity index (χ0v) is 9.77. The third-order valence-electron chi connectivity index (χ3n) is 2.04. The molecule has 1 rings (SSSR count). The van der Waals surface area contributed by atoms with Crippen LogP contribution in [0.5, 0.6) is 0 Å².